The zero-order valence-electron chi connectivity index (χ0n) is 12.8. The van der Waals surface area contributed by atoms with E-state index in [2.05, 4.69) is 10.6 Å². The summed E-state index contributed by atoms with van der Waals surface area (Å²) < 4.78 is 0. The van der Waals surface area contributed by atoms with E-state index in [1.165, 1.54) is 0 Å². The van der Waals surface area contributed by atoms with Crippen LogP contribution in [0.5, 0.6) is 0 Å². The molecule has 1 atom stereocenters. The Morgan fingerprint density at radius 2 is 1.53 bits per heavy atom. The van der Waals surface area contributed by atoms with E-state index in [-0.39, 0.29) is 17.7 Å². The predicted molar refractivity (Wildman–Crippen MR) is 78.9 cm³/mol. The number of hydrogen-bond acceptors (Lipinski definition) is 2. The number of nitrogens with one attached hydrogen (secondary N) is 2. The lowest BCUT2D eigenvalue weighted by molar-refractivity contribution is -0.124. The van der Waals surface area contributed by atoms with Gasteiger partial charge in [-0.05, 0) is 25.7 Å². The molecule has 2 N–H and O–H groups in total. The molecule has 0 spiro atoms. The van der Waals surface area contributed by atoms with Crippen LogP contribution >= 0.6 is 0 Å². The monoisotopic (exact) mass is 270 g/mol. The first-order valence-corrected chi connectivity index (χ1v) is 7.66. The largest absolute Gasteiger partial charge is 0.356 e. The Kier molecular flexibility index (Phi) is 11.3. The van der Waals surface area contributed by atoms with E-state index in [0.717, 1.165) is 51.6 Å². The van der Waals surface area contributed by atoms with Crippen LogP contribution in [0.4, 0.5) is 0 Å². The van der Waals surface area contributed by atoms with Gasteiger partial charge >= 0.3 is 0 Å². The lowest BCUT2D eigenvalue weighted by Crippen LogP contribution is -2.29. The van der Waals surface area contributed by atoms with Crippen molar-refractivity contribution in [2.75, 3.05) is 13.1 Å². The van der Waals surface area contributed by atoms with E-state index in [9.17, 15) is 9.59 Å². The molecule has 4 nitrogen and oxygen atoms in total. The highest BCUT2D eigenvalue weighted by Crippen LogP contribution is 2.01. The fourth-order valence-corrected chi connectivity index (χ4v) is 1.72. The van der Waals surface area contributed by atoms with Gasteiger partial charge in [0, 0.05) is 25.4 Å². The third-order valence-electron chi connectivity index (χ3n) is 3.26. The Hall–Kier alpha value is -1.06. The van der Waals surface area contributed by atoms with Crippen molar-refractivity contribution >= 4 is 11.8 Å². The molecular formula is C15H30N2O2. The van der Waals surface area contributed by atoms with Crippen LogP contribution < -0.4 is 10.6 Å². The quantitative estimate of drug-likeness (QED) is 0.567. The van der Waals surface area contributed by atoms with Crippen molar-refractivity contribution in [3.05, 3.63) is 0 Å². The topological polar surface area (TPSA) is 58.2 Å². The lowest BCUT2D eigenvalue weighted by atomic mass is 10.1. The molecule has 0 aromatic rings. The number of rotatable bonds is 11. The SMILES string of the molecule is CCCC(=O)NCCCCCCNC(=O)C(C)CC. The molecule has 0 bridgehead atoms. The molecule has 0 radical (unpaired) electrons. The number of hydrogen-bond donors (Lipinski definition) is 2. The van der Waals surface area contributed by atoms with Gasteiger partial charge in [-0.3, -0.25) is 9.59 Å². The molecular weight excluding hydrogens is 240 g/mol. The number of carbonyl (C=O) groups is 2. The maximum atomic E-state index is 11.5. The second-order valence-electron chi connectivity index (χ2n) is 5.11. The van der Waals surface area contributed by atoms with Gasteiger partial charge in [0.2, 0.25) is 11.8 Å². The van der Waals surface area contributed by atoms with Crippen molar-refractivity contribution in [2.24, 2.45) is 5.92 Å². The van der Waals surface area contributed by atoms with Crippen molar-refractivity contribution in [2.45, 2.75) is 65.7 Å². The van der Waals surface area contributed by atoms with E-state index in [4.69, 9.17) is 0 Å². The minimum atomic E-state index is 0.119. The lowest BCUT2D eigenvalue weighted by Gasteiger charge is -2.09. The molecule has 0 aliphatic heterocycles. The first-order chi connectivity index (χ1) is 9.11. The second-order valence-corrected chi connectivity index (χ2v) is 5.11. The molecule has 0 aromatic heterocycles. The molecule has 4 heteroatoms. The van der Waals surface area contributed by atoms with Gasteiger partial charge < -0.3 is 10.6 Å². The average molecular weight is 270 g/mol. The standard InChI is InChI=1S/C15H30N2O2/c1-4-10-14(18)16-11-8-6-7-9-12-17-15(19)13(3)5-2/h13H,4-12H2,1-3H3,(H,16,18)(H,17,19). The second kappa shape index (κ2) is 12.0. The average Bonchev–Trinajstić information content (AvgIpc) is 2.40. The molecule has 0 aliphatic carbocycles. The first-order valence-electron chi connectivity index (χ1n) is 7.66. The molecule has 112 valence electrons. The van der Waals surface area contributed by atoms with Crippen LogP contribution in [-0.2, 0) is 9.59 Å². The third kappa shape index (κ3) is 10.5. The highest BCUT2D eigenvalue weighted by atomic mass is 16.2. The van der Waals surface area contributed by atoms with Gasteiger partial charge in [-0.25, -0.2) is 0 Å². The van der Waals surface area contributed by atoms with Gasteiger partial charge in [-0.15, -0.1) is 0 Å². The minimum absolute atomic E-state index is 0.119. The van der Waals surface area contributed by atoms with Crippen LogP contribution in [0.1, 0.15) is 65.7 Å². The molecule has 0 heterocycles. The third-order valence-corrected chi connectivity index (χ3v) is 3.26. The van der Waals surface area contributed by atoms with Crippen molar-refractivity contribution in [3.8, 4) is 0 Å². The fourth-order valence-electron chi connectivity index (χ4n) is 1.72. The van der Waals surface area contributed by atoms with Crippen LogP contribution in [-0.4, -0.2) is 24.9 Å². The Bertz CT molecular complexity index is 255. The summed E-state index contributed by atoms with van der Waals surface area (Å²) in [5, 5.41) is 5.86. The first kappa shape index (κ1) is 17.9. The van der Waals surface area contributed by atoms with Gasteiger partial charge in [0.1, 0.15) is 0 Å². The molecule has 0 fully saturated rings. The summed E-state index contributed by atoms with van der Waals surface area (Å²) in [6.45, 7) is 7.53. The fraction of sp³-hybridized carbons (Fsp3) is 0.867. The van der Waals surface area contributed by atoms with E-state index in [1.54, 1.807) is 0 Å². The summed E-state index contributed by atoms with van der Waals surface area (Å²) in [6.07, 6.45) is 6.67. The van der Waals surface area contributed by atoms with Crippen LogP contribution in [0.15, 0.2) is 0 Å². The molecule has 1 unspecified atom stereocenters. The van der Waals surface area contributed by atoms with Crippen LogP contribution in [0.25, 0.3) is 0 Å². The summed E-state index contributed by atoms with van der Waals surface area (Å²) in [6, 6.07) is 0. The van der Waals surface area contributed by atoms with E-state index < -0.39 is 0 Å². The zero-order chi connectivity index (χ0) is 14.5. The maximum Gasteiger partial charge on any atom is 0.222 e. The Morgan fingerprint density at radius 3 is 2.05 bits per heavy atom. The van der Waals surface area contributed by atoms with E-state index in [0.29, 0.717) is 6.42 Å². The molecule has 0 saturated carbocycles. The van der Waals surface area contributed by atoms with Gasteiger partial charge in [0.25, 0.3) is 0 Å². The minimum Gasteiger partial charge on any atom is -0.356 e. The van der Waals surface area contributed by atoms with Crippen molar-refractivity contribution < 1.29 is 9.59 Å². The molecule has 2 amide bonds. The van der Waals surface area contributed by atoms with E-state index >= 15 is 0 Å². The van der Waals surface area contributed by atoms with Crippen molar-refractivity contribution in [1.29, 1.82) is 0 Å². The highest BCUT2D eigenvalue weighted by Gasteiger charge is 2.08. The van der Waals surface area contributed by atoms with Gasteiger partial charge in [0.15, 0.2) is 0 Å². The number of amides is 2. The zero-order valence-corrected chi connectivity index (χ0v) is 12.8. The summed E-state index contributed by atoms with van der Waals surface area (Å²) >= 11 is 0. The summed E-state index contributed by atoms with van der Waals surface area (Å²) in [4.78, 5) is 22.7. The Balaban J connectivity index is 3.28. The Labute approximate surface area is 117 Å². The van der Waals surface area contributed by atoms with Crippen molar-refractivity contribution in [3.63, 3.8) is 0 Å². The maximum absolute atomic E-state index is 11.5. The predicted octanol–water partition coefficient (Wildman–Crippen LogP) is 2.63. The summed E-state index contributed by atoms with van der Waals surface area (Å²) in [7, 11) is 0. The summed E-state index contributed by atoms with van der Waals surface area (Å²) in [5.41, 5.74) is 0. The van der Waals surface area contributed by atoms with Gasteiger partial charge in [-0.1, -0.05) is 33.6 Å². The molecule has 0 aromatic carbocycles. The van der Waals surface area contributed by atoms with Crippen molar-refractivity contribution in [1.82, 2.24) is 10.6 Å². The summed E-state index contributed by atoms with van der Waals surface area (Å²) in [5.74, 6) is 0.437. The number of unbranched alkanes of at least 4 members (excludes halogenated alkanes) is 3. The van der Waals surface area contributed by atoms with Gasteiger partial charge in [0.05, 0.1) is 0 Å². The molecule has 0 saturated heterocycles. The number of carbonyl (C=O) groups excluding carboxylic acids is 2. The highest BCUT2D eigenvalue weighted by molar-refractivity contribution is 5.78. The van der Waals surface area contributed by atoms with E-state index in [1.807, 2.05) is 20.8 Å². The Morgan fingerprint density at radius 1 is 0.947 bits per heavy atom. The smallest absolute Gasteiger partial charge is 0.222 e. The van der Waals surface area contributed by atoms with Crippen LogP contribution in [0.3, 0.4) is 0 Å². The molecule has 19 heavy (non-hydrogen) atoms. The van der Waals surface area contributed by atoms with Crippen LogP contribution in [0, 0.1) is 5.92 Å². The molecule has 0 rings (SSSR count). The molecule has 0 aliphatic rings. The normalized spacial score (nSPS) is 11.9. The van der Waals surface area contributed by atoms with Crippen LogP contribution in [0.2, 0.25) is 0 Å². The van der Waals surface area contributed by atoms with Gasteiger partial charge in [-0.2, -0.15) is 0 Å².